The van der Waals surface area contributed by atoms with Crippen LogP contribution < -0.4 is 0 Å². The molecule has 1 aliphatic carbocycles. The van der Waals surface area contributed by atoms with E-state index in [-0.39, 0.29) is 0 Å². The standard InChI is InChI=1S/C17H16N2/c1-10-7-15-16(8-11(10)2)19-17(18-15)14-9-12-5-3-4-6-13(12)14/h3-8,14H,9H2,1-2H3,(H,18,19). The molecule has 1 unspecified atom stereocenters. The normalized spacial score (nSPS) is 17.3. The fraction of sp³-hybridized carbons (Fsp3) is 0.235. The number of aromatic nitrogens is 2. The first-order valence-corrected chi connectivity index (χ1v) is 6.77. The summed E-state index contributed by atoms with van der Waals surface area (Å²) in [5, 5.41) is 0. The molecule has 0 saturated carbocycles. The molecule has 0 spiro atoms. The van der Waals surface area contributed by atoms with Crippen molar-refractivity contribution in [2.45, 2.75) is 26.2 Å². The summed E-state index contributed by atoms with van der Waals surface area (Å²) >= 11 is 0. The van der Waals surface area contributed by atoms with E-state index in [1.807, 2.05) is 0 Å². The first-order chi connectivity index (χ1) is 9.22. The molecule has 0 radical (unpaired) electrons. The van der Waals surface area contributed by atoms with E-state index >= 15 is 0 Å². The highest BCUT2D eigenvalue weighted by atomic mass is 14.9. The summed E-state index contributed by atoms with van der Waals surface area (Å²) in [5.41, 5.74) is 7.75. The summed E-state index contributed by atoms with van der Waals surface area (Å²) in [5.74, 6) is 1.56. The number of benzene rings is 2. The van der Waals surface area contributed by atoms with E-state index in [1.165, 1.54) is 22.3 Å². The predicted molar refractivity (Wildman–Crippen MR) is 77.6 cm³/mol. The SMILES string of the molecule is Cc1cc2nc(C3Cc4ccccc43)[nH]c2cc1C. The maximum Gasteiger partial charge on any atom is 0.115 e. The van der Waals surface area contributed by atoms with Crippen molar-refractivity contribution in [2.24, 2.45) is 0 Å². The Hall–Kier alpha value is -2.09. The Bertz CT molecular complexity index is 744. The smallest absolute Gasteiger partial charge is 0.115 e. The van der Waals surface area contributed by atoms with Crippen molar-refractivity contribution in [3.05, 3.63) is 64.5 Å². The molecule has 0 aliphatic heterocycles. The first-order valence-electron chi connectivity index (χ1n) is 6.77. The van der Waals surface area contributed by atoms with Crippen LogP contribution in [0.2, 0.25) is 0 Å². The molecule has 1 aromatic heterocycles. The Kier molecular flexibility index (Phi) is 2.10. The van der Waals surface area contributed by atoms with Gasteiger partial charge in [0.05, 0.1) is 11.0 Å². The van der Waals surface area contributed by atoms with Crippen LogP contribution in [0.5, 0.6) is 0 Å². The molecule has 0 saturated heterocycles. The summed E-state index contributed by atoms with van der Waals surface area (Å²) in [6.07, 6.45) is 1.11. The molecular weight excluding hydrogens is 232 g/mol. The van der Waals surface area contributed by atoms with Crippen LogP contribution in [0.1, 0.15) is 34.0 Å². The molecule has 1 atom stereocenters. The highest BCUT2D eigenvalue weighted by Gasteiger charge is 2.29. The zero-order valence-electron chi connectivity index (χ0n) is 11.2. The molecule has 0 fully saturated rings. The molecule has 4 rings (SSSR count). The average Bonchev–Trinajstić information content (AvgIpc) is 2.74. The van der Waals surface area contributed by atoms with Crippen LogP contribution in [0.25, 0.3) is 11.0 Å². The van der Waals surface area contributed by atoms with Crippen molar-refractivity contribution in [1.29, 1.82) is 0 Å². The topological polar surface area (TPSA) is 28.7 Å². The van der Waals surface area contributed by atoms with Crippen molar-refractivity contribution < 1.29 is 0 Å². The lowest BCUT2D eigenvalue weighted by atomic mass is 9.77. The molecule has 1 heterocycles. The summed E-state index contributed by atoms with van der Waals surface area (Å²) < 4.78 is 0. The Balaban J connectivity index is 1.82. The van der Waals surface area contributed by atoms with Gasteiger partial charge in [-0.05, 0) is 54.7 Å². The van der Waals surface area contributed by atoms with E-state index in [0.717, 1.165) is 23.3 Å². The molecular formula is C17H16N2. The number of fused-ring (bicyclic) bond motifs is 2. The number of hydrogen-bond donors (Lipinski definition) is 1. The maximum absolute atomic E-state index is 4.78. The summed E-state index contributed by atoms with van der Waals surface area (Å²) in [6, 6.07) is 13.0. The second kappa shape index (κ2) is 3.70. The zero-order valence-corrected chi connectivity index (χ0v) is 11.2. The number of nitrogens with zero attached hydrogens (tertiary/aromatic N) is 1. The van der Waals surface area contributed by atoms with Gasteiger partial charge in [-0.25, -0.2) is 4.98 Å². The molecule has 2 heteroatoms. The Morgan fingerprint density at radius 3 is 2.74 bits per heavy atom. The Morgan fingerprint density at radius 2 is 1.89 bits per heavy atom. The second-order valence-electron chi connectivity index (χ2n) is 5.53. The average molecular weight is 248 g/mol. The van der Waals surface area contributed by atoms with E-state index in [1.54, 1.807) is 0 Å². The predicted octanol–water partition coefficient (Wildman–Crippen LogP) is 3.87. The molecule has 94 valence electrons. The van der Waals surface area contributed by atoms with Crippen LogP contribution in [0, 0.1) is 13.8 Å². The van der Waals surface area contributed by atoms with Gasteiger partial charge < -0.3 is 4.98 Å². The van der Waals surface area contributed by atoms with Crippen LogP contribution in [-0.2, 0) is 6.42 Å². The van der Waals surface area contributed by atoms with Crippen molar-refractivity contribution in [2.75, 3.05) is 0 Å². The molecule has 19 heavy (non-hydrogen) atoms. The lowest BCUT2D eigenvalue weighted by Gasteiger charge is -2.28. The second-order valence-corrected chi connectivity index (χ2v) is 5.53. The Labute approximate surface area is 112 Å². The minimum Gasteiger partial charge on any atom is -0.341 e. The molecule has 1 aliphatic rings. The van der Waals surface area contributed by atoms with E-state index < -0.39 is 0 Å². The van der Waals surface area contributed by atoms with Crippen molar-refractivity contribution >= 4 is 11.0 Å². The Morgan fingerprint density at radius 1 is 1.11 bits per heavy atom. The van der Waals surface area contributed by atoms with Gasteiger partial charge in [0, 0.05) is 5.92 Å². The van der Waals surface area contributed by atoms with Crippen LogP contribution >= 0.6 is 0 Å². The number of nitrogens with one attached hydrogen (secondary N) is 1. The van der Waals surface area contributed by atoms with Gasteiger partial charge in [0.1, 0.15) is 5.82 Å². The van der Waals surface area contributed by atoms with Crippen LogP contribution in [0.3, 0.4) is 0 Å². The van der Waals surface area contributed by atoms with Crippen LogP contribution in [-0.4, -0.2) is 9.97 Å². The maximum atomic E-state index is 4.78. The number of aromatic amines is 1. The van der Waals surface area contributed by atoms with Crippen molar-refractivity contribution in [3.8, 4) is 0 Å². The number of aryl methyl sites for hydroxylation is 2. The van der Waals surface area contributed by atoms with Crippen molar-refractivity contribution in [3.63, 3.8) is 0 Å². The van der Waals surface area contributed by atoms with E-state index in [9.17, 15) is 0 Å². The highest BCUT2D eigenvalue weighted by molar-refractivity contribution is 5.77. The molecule has 1 N–H and O–H groups in total. The lowest BCUT2D eigenvalue weighted by molar-refractivity contribution is 0.671. The van der Waals surface area contributed by atoms with Gasteiger partial charge in [-0.15, -0.1) is 0 Å². The summed E-state index contributed by atoms with van der Waals surface area (Å²) in [4.78, 5) is 8.28. The monoisotopic (exact) mass is 248 g/mol. The molecule has 0 bridgehead atoms. The van der Waals surface area contributed by atoms with Gasteiger partial charge in [-0.3, -0.25) is 0 Å². The van der Waals surface area contributed by atoms with Crippen molar-refractivity contribution in [1.82, 2.24) is 9.97 Å². The summed E-state index contributed by atoms with van der Waals surface area (Å²) in [7, 11) is 0. The minimum atomic E-state index is 0.448. The van der Waals surface area contributed by atoms with Gasteiger partial charge in [0.2, 0.25) is 0 Å². The zero-order chi connectivity index (χ0) is 13.0. The highest BCUT2D eigenvalue weighted by Crippen LogP contribution is 2.39. The van der Waals surface area contributed by atoms with E-state index in [4.69, 9.17) is 4.98 Å². The molecule has 3 aromatic rings. The van der Waals surface area contributed by atoms with Gasteiger partial charge in [0.25, 0.3) is 0 Å². The molecule has 2 aromatic carbocycles. The fourth-order valence-electron chi connectivity index (χ4n) is 2.96. The number of hydrogen-bond acceptors (Lipinski definition) is 1. The third kappa shape index (κ3) is 1.53. The summed E-state index contributed by atoms with van der Waals surface area (Å²) in [6.45, 7) is 4.29. The van der Waals surface area contributed by atoms with E-state index in [2.05, 4.69) is 55.2 Å². The number of imidazole rings is 1. The lowest BCUT2D eigenvalue weighted by Crippen LogP contribution is -2.18. The number of rotatable bonds is 1. The van der Waals surface area contributed by atoms with Crippen LogP contribution in [0.15, 0.2) is 36.4 Å². The van der Waals surface area contributed by atoms with Crippen LogP contribution in [0.4, 0.5) is 0 Å². The third-order valence-corrected chi connectivity index (χ3v) is 4.30. The van der Waals surface area contributed by atoms with E-state index in [0.29, 0.717) is 5.92 Å². The largest absolute Gasteiger partial charge is 0.341 e. The number of H-pyrrole nitrogens is 1. The van der Waals surface area contributed by atoms with Gasteiger partial charge in [-0.2, -0.15) is 0 Å². The fourth-order valence-corrected chi connectivity index (χ4v) is 2.96. The van der Waals surface area contributed by atoms with Gasteiger partial charge in [0.15, 0.2) is 0 Å². The quantitative estimate of drug-likeness (QED) is 0.696. The van der Waals surface area contributed by atoms with Gasteiger partial charge in [-0.1, -0.05) is 24.3 Å². The first kappa shape index (κ1) is 10.8. The molecule has 0 amide bonds. The van der Waals surface area contributed by atoms with Gasteiger partial charge >= 0.3 is 0 Å². The molecule has 2 nitrogen and oxygen atoms in total. The minimum absolute atomic E-state index is 0.448. The third-order valence-electron chi connectivity index (χ3n) is 4.30.